The number of amides is 1. The Morgan fingerprint density at radius 1 is 1.15 bits per heavy atom. The summed E-state index contributed by atoms with van der Waals surface area (Å²) in [6.07, 6.45) is 0.248. The monoisotopic (exact) mass is 380 g/mol. The molecule has 1 aromatic carbocycles. The smallest absolute Gasteiger partial charge is 0.407 e. The molecule has 1 amide bonds. The van der Waals surface area contributed by atoms with Gasteiger partial charge in [-0.25, -0.2) is 14.5 Å². The molecule has 0 atom stereocenters. The van der Waals surface area contributed by atoms with Crippen LogP contribution in [0.2, 0.25) is 0 Å². The molecule has 1 saturated heterocycles. The van der Waals surface area contributed by atoms with E-state index >= 15 is 0 Å². The minimum atomic E-state index is -0.496. The van der Waals surface area contributed by atoms with E-state index in [0.717, 1.165) is 5.69 Å². The molecule has 1 aliphatic rings. The minimum Gasteiger partial charge on any atom is -0.493 e. The summed E-state index contributed by atoms with van der Waals surface area (Å²) in [4.78, 5) is 23.4. The number of hydrogen-bond acceptors (Lipinski definition) is 6. The van der Waals surface area contributed by atoms with Crippen molar-refractivity contribution in [3.8, 4) is 5.75 Å². The molecule has 1 aliphatic heterocycles. The Hall–Kier alpha value is -1.99. The molecule has 2 rings (SSSR count). The molecular formula is C20H32N2O5. The van der Waals surface area contributed by atoms with E-state index in [9.17, 15) is 4.79 Å². The fourth-order valence-corrected chi connectivity index (χ4v) is 2.21. The van der Waals surface area contributed by atoms with E-state index in [2.05, 4.69) is 5.32 Å². The van der Waals surface area contributed by atoms with E-state index < -0.39 is 22.9 Å². The van der Waals surface area contributed by atoms with E-state index in [0.29, 0.717) is 25.3 Å². The van der Waals surface area contributed by atoms with Crippen LogP contribution in [-0.2, 0) is 14.4 Å². The number of anilines is 1. The molecular weight excluding hydrogens is 348 g/mol. The van der Waals surface area contributed by atoms with Crippen LogP contribution in [0.15, 0.2) is 24.3 Å². The Balaban J connectivity index is 1.79. The van der Waals surface area contributed by atoms with Crippen molar-refractivity contribution in [3.05, 3.63) is 24.3 Å². The van der Waals surface area contributed by atoms with E-state index in [1.165, 1.54) is 5.23 Å². The van der Waals surface area contributed by atoms with Gasteiger partial charge in [-0.1, -0.05) is 6.07 Å². The summed E-state index contributed by atoms with van der Waals surface area (Å²) in [6, 6.07) is 7.51. The van der Waals surface area contributed by atoms with Crippen molar-refractivity contribution in [3.63, 3.8) is 0 Å². The molecule has 152 valence electrons. The maximum atomic E-state index is 11.6. The highest BCUT2D eigenvalue weighted by atomic mass is 17.0. The maximum absolute atomic E-state index is 11.6. The topological polar surface area (TPSA) is 69.3 Å². The summed E-state index contributed by atoms with van der Waals surface area (Å²) >= 11 is 0. The van der Waals surface area contributed by atoms with Gasteiger partial charge in [-0.3, -0.25) is 0 Å². The highest BCUT2D eigenvalue weighted by Crippen LogP contribution is 2.40. The van der Waals surface area contributed by atoms with E-state index in [-0.39, 0.29) is 0 Å². The van der Waals surface area contributed by atoms with Crippen molar-refractivity contribution in [2.45, 2.75) is 71.7 Å². The van der Waals surface area contributed by atoms with Crippen LogP contribution in [-0.4, -0.2) is 36.0 Å². The van der Waals surface area contributed by atoms with Crippen LogP contribution in [0.25, 0.3) is 0 Å². The summed E-state index contributed by atoms with van der Waals surface area (Å²) in [5.41, 5.74) is -0.629. The zero-order valence-electron chi connectivity index (χ0n) is 17.4. The Morgan fingerprint density at radius 3 is 2.37 bits per heavy atom. The molecule has 1 aromatic rings. The van der Waals surface area contributed by atoms with E-state index in [1.807, 2.05) is 72.7 Å². The normalized spacial score (nSPS) is 18.3. The first-order valence-electron chi connectivity index (χ1n) is 9.28. The molecule has 1 fully saturated rings. The van der Waals surface area contributed by atoms with Gasteiger partial charge in [-0.15, -0.1) is 5.23 Å². The highest BCUT2D eigenvalue weighted by Gasteiger charge is 2.50. The first-order valence-corrected chi connectivity index (χ1v) is 9.28. The molecule has 0 unspecified atom stereocenters. The SMILES string of the molecule is CC(C)(C)OC(=O)NCCCOc1cccc(N2OC(C)(C)C(C)(C)O2)c1. The van der Waals surface area contributed by atoms with Crippen LogP contribution in [0.1, 0.15) is 54.9 Å². The summed E-state index contributed by atoms with van der Waals surface area (Å²) in [6.45, 7) is 14.4. The van der Waals surface area contributed by atoms with Crippen molar-refractivity contribution >= 4 is 11.8 Å². The highest BCUT2D eigenvalue weighted by molar-refractivity contribution is 5.67. The number of nitrogens with one attached hydrogen (secondary N) is 1. The van der Waals surface area contributed by atoms with E-state index in [1.54, 1.807) is 0 Å². The molecule has 0 bridgehead atoms. The third-order valence-electron chi connectivity index (χ3n) is 4.36. The number of carbonyl (C=O) groups excluding carboxylic acids is 1. The van der Waals surface area contributed by atoms with Crippen molar-refractivity contribution in [2.24, 2.45) is 0 Å². The Kier molecular flexibility index (Phi) is 6.27. The van der Waals surface area contributed by atoms with Gasteiger partial charge in [0.25, 0.3) is 0 Å². The maximum Gasteiger partial charge on any atom is 0.407 e. The van der Waals surface area contributed by atoms with Crippen molar-refractivity contribution in [1.82, 2.24) is 5.32 Å². The lowest BCUT2D eigenvalue weighted by Crippen LogP contribution is -2.41. The molecule has 0 saturated carbocycles. The predicted molar refractivity (Wildman–Crippen MR) is 104 cm³/mol. The largest absolute Gasteiger partial charge is 0.493 e. The lowest BCUT2D eigenvalue weighted by Gasteiger charge is -2.26. The fourth-order valence-electron chi connectivity index (χ4n) is 2.21. The molecule has 27 heavy (non-hydrogen) atoms. The van der Waals surface area contributed by atoms with Crippen molar-refractivity contribution in [2.75, 3.05) is 18.4 Å². The second-order valence-electron chi connectivity index (χ2n) is 8.59. The molecule has 7 heteroatoms. The van der Waals surface area contributed by atoms with Gasteiger partial charge in [0, 0.05) is 12.6 Å². The van der Waals surface area contributed by atoms with Gasteiger partial charge >= 0.3 is 6.09 Å². The number of ether oxygens (including phenoxy) is 2. The number of rotatable bonds is 6. The molecule has 0 aromatic heterocycles. The lowest BCUT2D eigenvalue weighted by molar-refractivity contribution is -0.0274. The number of benzene rings is 1. The second kappa shape index (κ2) is 7.94. The lowest BCUT2D eigenvalue weighted by atomic mass is 9.90. The molecule has 1 heterocycles. The zero-order chi connectivity index (χ0) is 20.3. The van der Waals surface area contributed by atoms with Gasteiger partial charge in [0.1, 0.15) is 22.6 Å². The predicted octanol–water partition coefficient (Wildman–Crippen LogP) is 4.22. The number of nitrogens with zero attached hydrogens (tertiary/aromatic N) is 1. The first-order chi connectivity index (χ1) is 12.4. The zero-order valence-corrected chi connectivity index (χ0v) is 17.4. The molecule has 0 radical (unpaired) electrons. The second-order valence-corrected chi connectivity index (χ2v) is 8.59. The van der Waals surface area contributed by atoms with Crippen LogP contribution < -0.4 is 15.3 Å². The summed E-state index contributed by atoms with van der Waals surface area (Å²) in [5.74, 6) is 0.708. The average molecular weight is 380 g/mol. The van der Waals surface area contributed by atoms with Gasteiger partial charge in [-0.05, 0) is 67.0 Å². The summed E-state index contributed by atoms with van der Waals surface area (Å²) in [7, 11) is 0. The first kappa shape index (κ1) is 21.3. The van der Waals surface area contributed by atoms with Crippen LogP contribution >= 0.6 is 0 Å². The Bertz CT molecular complexity index is 636. The fraction of sp³-hybridized carbons (Fsp3) is 0.650. The minimum absolute atomic E-state index is 0.418. The summed E-state index contributed by atoms with van der Waals surface area (Å²) in [5, 5.41) is 4.15. The molecule has 0 spiro atoms. The quantitative estimate of drug-likeness (QED) is 0.745. The standard InChI is InChI=1S/C20H32N2O5/c1-18(2,3)25-17(23)21-12-9-13-24-16-11-8-10-15(14-16)22-26-19(4,5)20(6,7)27-22/h8,10-11,14H,9,12-13H2,1-7H3,(H,21,23). The van der Waals surface area contributed by atoms with Crippen LogP contribution in [0.3, 0.4) is 0 Å². The summed E-state index contributed by atoms with van der Waals surface area (Å²) < 4.78 is 10.9. The van der Waals surface area contributed by atoms with Crippen LogP contribution in [0.5, 0.6) is 5.75 Å². The Morgan fingerprint density at radius 2 is 1.78 bits per heavy atom. The molecule has 7 nitrogen and oxygen atoms in total. The molecule has 0 aliphatic carbocycles. The molecule has 1 N–H and O–H groups in total. The third-order valence-corrected chi connectivity index (χ3v) is 4.36. The van der Waals surface area contributed by atoms with Gasteiger partial charge in [0.05, 0.1) is 12.3 Å². The van der Waals surface area contributed by atoms with Crippen LogP contribution in [0, 0.1) is 0 Å². The van der Waals surface area contributed by atoms with Gasteiger partial charge in [0.2, 0.25) is 0 Å². The third kappa shape index (κ3) is 6.01. The van der Waals surface area contributed by atoms with Crippen LogP contribution in [0.4, 0.5) is 10.5 Å². The average Bonchev–Trinajstić information content (AvgIpc) is 2.74. The van der Waals surface area contributed by atoms with Crippen molar-refractivity contribution in [1.29, 1.82) is 0 Å². The number of hydrogen-bond donors (Lipinski definition) is 1. The Labute approximate surface area is 161 Å². The number of carbonyl (C=O) groups is 1. The van der Waals surface area contributed by atoms with E-state index in [4.69, 9.17) is 19.1 Å². The van der Waals surface area contributed by atoms with Gasteiger partial charge < -0.3 is 14.8 Å². The number of alkyl carbamates (subject to hydrolysis) is 1. The van der Waals surface area contributed by atoms with Crippen molar-refractivity contribution < 1.29 is 23.9 Å². The van der Waals surface area contributed by atoms with Gasteiger partial charge in [0.15, 0.2) is 0 Å². The van der Waals surface area contributed by atoms with Gasteiger partial charge in [-0.2, -0.15) is 0 Å².